The number of hydrogen-bond donors (Lipinski definition) is 1. The van der Waals surface area contributed by atoms with Crippen molar-refractivity contribution >= 4 is 22.6 Å². The molecule has 0 atom stereocenters. The van der Waals surface area contributed by atoms with E-state index in [9.17, 15) is 4.39 Å². The smallest absolute Gasteiger partial charge is 0.165 e. The second-order valence-electron chi connectivity index (χ2n) is 7.11. The number of hydrogen-bond acceptors (Lipinski definition) is 4. The summed E-state index contributed by atoms with van der Waals surface area (Å²) in [6, 6.07) is 15.6. The van der Waals surface area contributed by atoms with Crippen LogP contribution in [0.4, 0.5) is 10.2 Å². The molecule has 4 aromatic rings. The van der Waals surface area contributed by atoms with Gasteiger partial charge in [0, 0.05) is 17.5 Å². The van der Waals surface area contributed by atoms with E-state index in [4.69, 9.17) is 15.7 Å². The zero-order valence-corrected chi connectivity index (χ0v) is 17.8. The third-order valence-electron chi connectivity index (χ3n) is 5.26. The highest BCUT2D eigenvalue weighted by Gasteiger charge is 2.19. The zero-order chi connectivity index (χ0) is 22.0. The van der Waals surface area contributed by atoms with E-state index in [0.29, 0.717) is 39.6 Å². The Morgan fingerprint density at radius 1 is 1.03 bits per heavy atom. The third kappa shape index (κ3) is 3.72. The number of halogens is 1. The Labute approximate surface area is 180 Å². The summed E-state index contributed by atoms with van der Waals surface area (Å²) in [5.41, 5.74) is 11.3. The molecule has 0 bridgehead atoms. The Kier molecular flexibility index (Phi) is 5.62. The standard InChI is InChI=1S/C25H24FN5/c1-4-16-9-11-17(12-10-16)31-24(19-8-7-15-28-23(19)27)30-22-14-13-21(29-25(22)31)18(5-2)20(26)6-3/h5-15H,4H2,1-3H3,(H2,27,28)/b18-5+,20-6+. The second-order valence-corrected chi connectivity index (χ2v) is 7.11. The first-order valence-corrected chi connectivity index (χ1v) is 10.3. The minimum Gasteiger partial charge on any atom is -0.383 e. The molecule has 0 radical (unpaired) electrons. The van der Waals surface area contributed by atoms with Gasteiger partial charge >= 0.3 is 0 Å². The van der Waals surface area contributed by atoms with Gasteiger partial charge in [0.05, 0.1) is 11.3 Å². The van der Waals surface area contributed by atoms with Gasteiger partial charge in [-0.05, 0) is 62.2 Å². The summed E-state index contributed by atoms with van der Waals surface area (Å²) in [6.07, 6.45) is 5.75. The number of imidazole rings is 1. The van der Waals surface area contributed by atoms with E-state index >= 15 is 0 Å². The highest BCUT2D eigenvalue weighted by molar-refractivity contribution is 5.85. The molecule has 0 saturated carbocycles. The molecule has 4 rings (SSSR count). The van der Waals surface area contributed by atoms with Crippen LogP contribution in [0.25, 0.3) is 33.8 Å². The summed E-state index contributed by atoms with van der Waals surface area (Å²) in [5, 5.41) is 0. The van der Waals surface area contributed by atoms with Crippen molar-refractivity contribution in [3.05, 3.63) is 84.0 Å². The molecule has 0 amide bonds. The Bertz CT molecular complexity index is 1300. The first-order chi connectivity index (χ1) is 15.1. The molecule has 0 unspecified atom stereocenters. The number of pyridine rings is 2. The number of fused-ring (bicyclic) bond motifs is 1. The fraction of sp³-hybridized carbons (Fsp3) is 0.160. The van der Waals surface area contributed by atoms with Crippen molar-refractivity contribution in [2.24, 2.45) is 0 Å². The maximum absolute atomic E-state index is 14.4. The highest BCUT2D eigenvalue weighted by atomic mass is 19.1. The maximum atomic E-state index is 14.4. The second kappa shape index (κ2) is 8.52. The molecule has 0 saturated heterocycles. The first-order valence-electron chi connectivity index (χ1n) is 10.3. The zero-order valence-electron chi connectivity index (χ0n) is 17.8. The van der Waals surface area contributed by atoms with Gasteiger partial charge in [0.2, 0.25) is 0 Å². The number of rotatable bonds is 5. The normalized spacial score (nSPS) is 12.5. The summed E-state index contributed by atoms with van der Waals surface area (Å²) >= 11 is 0. The monoisotopic (exact) mass is 413 g/mol. The van der Waals surface area contributed by atoms with E-state index in [1.807, 2.05) is 34.9 Å². The molecule has 3 heterocycles. The number of nitrogen functional groups attached to an aromatic ring is 1. The Morgan fingerprint density at radius 2 is 1.81 bits per heavy atom. The largest absolute Gasteiger partial charge is 0.383 e. The Hall–Kier alpha value is -3.80. The molecule has 0 spiro atoms. The van der Waals surface area contributed by atoms with Crippen LogP contribution in [0.1, 0.15) is 32.0 Å². The highest BCUT2D eigenvalue weighted by Crippen LogP contribution is 2.32. The number of nitrogens with two attached hydrogens (primary N) is 1. The lowest BCUT2D eigenvalue weighted by Gasteiger charge is -2.11. The van der Waals surface area contributed by atoms with E-state index in [1.165, 1.54) is 11.6 Å². The number of aryl methyl sites for hydroxylation is 1. The fourth-order valence-corrected chi connectivity index (χ4v) is 3.58. The third-order valence-corrected chi connectivity index (χ3v) is 5.26. The summed E-state index contributed by atoms with van der Waals surface area (Å²) in [6.45, 7) is 5.58. The van der Waals surface area contributed by atoms with Crippen molar-refractivity contribution in [3.63, 3.8) is 0 Å². The minimum atomic E-state index is -0.315. The van der Waals surface area contributed by atoms with Gasteiger partial charge in [-0.25, -0.2) is 19.3 Å². The average molecular weight is 414 g/mol. The van der Waals surface area contributed by atoms with E-state index in [2.05, 4.69) is 24.0 Å². The molecule has 31 heavy (non-hydrogen) atoms. The predicted molar refractivity (Wildman–Crippen MR) is 124 cm³/mol. The number of aromatic nitrogens is 4. The molecule has 156 valence electrons. The summed E-state index contributed by atoms with van der Waals surface area (Å²) < 4.78 is 16.4. The number of anilines is 1. The quantitative estimate of drug-likeness (QED) is 0.413. The molecule has 0 aliphatic heterocycles. The number of benzene rings is 1. The molecule has 0 fully saturated rings. The van der Waals surface area contributed by atoms with Crippen molar-refractivity contribution < 1.29 is 4.39 Å². The van der Waals surface area contributed by atoms with Crippen LogP contribution in [-0.2, 0) is 6.42 Å². The van der Waals surface area contributed by atoms with E-state index in [1.54, 1.807) is 32.2 Å². The maximum Gasteiger partial charge on any atom is 0.165 e. The van der Waals surface area contributed by atoms with Crippen molar-refractivity contribution in [1.82, 2.24) is 19.5 Å². The van der Waals surface area contributed by atoms with Gasteiger partial charge in [0.1, 0.15) is 17.2 Å². The van der Waals surface area contributed by atoms with Crippen LogP contribution in [-0.4, -0.2) is 19.5 Å². The van der Waals surface area contributed by atoms with Crippen LogP contribution >= 0.6 is 0 Å². The molecule has 1 aromatic carbocycles. The topological polar surface area (TPSA) is 69.6 Å². The number of nitrogens with zero attached hydrogens (tertiary/aromatic N) is 4. The average Bonchev–Trinajstić information content (AvgIpc) is 3.18. The summed E-state index contributed by atoms with van der Waals surface area (Å²) in [7, 11) is 0. The molecule has 3 aromatic heterocycles. The van der Waals surface area contributed by atoms with Crippen LogP contribution in [0.2, 0.25) is 0 Å². The van der Waals surface area contributed by atoms with Gasteiger partial charge in [-0.2, -0.15) is 0 Å². The van der Waals surface area contributed by atoms with E-state index in [0.717, 1.165) is 12.1 Å². The molecule has 5 nitrogen and oxygen atoms in total. The van der Waals surface area contributed by atoms with Gasteiger partial charge in [-0.3, -0.25) is 4.57 Å². The minimum absolute atomic E-state index is 0.315. The molecule has 2 N–H and O–H groups in total. The summed E-state index contributed by atoms with van der Waals surface area (Å²) in [4.78, 5) is 13.8. The molecular formula is C25H24FN5. The lowest BCUT2D eigenvalue weighted by Crippen LogP contribution is -2.02. The lowest BCUT2D eigenvalue weighted by molar-refractivity contribution is 0.670. The van der Waals surface area contributed by atoms with Crippen LogP contribution in [0, 0.1) is 0 Å². The van der Waals surface area contributed by atoms with E-state index in [-0.39, 0.29) is 5.83 Å². The van der Waals surface area contributed by atoms with E-state index < -0.39 is 0 Å². The van der Waals surface area contributed by atoms with Crippen LogP contribution in [0.3, 0.4) is 0 Å². The van der Waals surface area contributed by atoms with Crippen molar-refractivity contribution in [2.45, 2.75) is 27.2 Å². The predicted octanol–water partition coefficient (Wildman–Crippen LogP) is 5.90. The SMILES string of the molecule is C/C=C(\C(F)=C/C)c1ccc2nc(-c3cccnc3N)n(-c3ccc(CC)cc3)c2n1. The molecule has 0 aliphatic rings. The van der Waals surface area contributed by atoms with Crippen molar-refractivity contribution in [3.8, 4) is 17.1 Å². The van der Waals surface area contributed by atoms with Gasteiger partial charge in [-0.15, -0.1) is 0 Å². The number of allylic oxidation sites excluding steroid dienone is 4. The van der Waals surface area contributed by atoms with Gasteiger partial charge in [0.25, 0.3) is 0 Å². The van der Waals surface area contributed by atoms with Crippen LogP contribution < -0.4 is 5.73 Å². The van der Waals surface area contributed by atoms with Crippen LogP contribution in [0.15, 0.2) is 72.7 Å². The van der Waals surface area contributed by atoms with Gasteiger partial charge in [-0.1, -0.05) is 31.2 Å². The van der Waals surface area contributed by atoms with Gasteiger partial charge in [0.15, 0.2) is 11.5 Å². The Balaban J connectivity index is 2.02. The molecular weight excluding hydrogens is 389 g/mol. The van der Waals surface area contributed by atoms with Crippen molar-refractivity contribution in [2.75, 3.05) is 5.73 Å². The lowest BCUT2D eigenvalue weighted by atomic mass is 10.1. The summed E-state index contributed by atoms with van der Waals surface area (Å²) in [5.74, 6) is 0.714. The first kappa shape index (κ1) is 20.5. The molecule has 6 heteroatoms. The fourth-order valence-electron chi connectivity index (χ4n) is 3.58. The molecule has 0 aliphatic carbocycles. The van der Waals surface area contributed by atoms with Crippen LogP contribution in [0.5, 0.6) is 0 Å². The van der Waals surface area contributed by atoms with Gasteiger partial charge < -0.3 is 5.73 Å². The van der Waals surface area contributed by atoms with Crippen molar-refractivity contribution in [1.29, 1.82) is 0 Å². The Morgan fingerprint density at radius 3 is 2.45 bits per heavy atom.